The van der Waals surface area contributed by atoms with Crippen LogP contribution in [-0.2, 0) is 13.1 Å². The first-order valence-electron chi connectivity index (χ1n) is 11.3. The molecule has 2 heterocycles. The van der Waals surface area contributed by atoms with Crippen molar-refractivity contribution in [3.05, 3.63) is 47.5 Å². The van der Waals surface area contributed by atoms with Gasteiger partial charge in [-0.2, -0.15) is 0 Å². The third kappa shape index (κ3) is 7.42. The Balaban J connectivity index is 1.39. The van der Waals surface area contributed by atoms with Gasteiger partial charge in [-0.25, -0.2) is 0 Å². The van der Waals surface area contributed by atoms with E-state index in [1.54, 1.807) is 0 Å². The summed E-state index contributed by atoms with van der Waals surface area (Å²) < 4.78 is 0. The first-order chi connectivity index (χ1) is 14.5. The summed E-state index contributed by atoms with van der Waals surface area (Å²) in [5.41, 5.74) is 3.82. The van der Waals surface area contributed by atoms with Crippen LogP contribution in [0, 0.1) is 0 Å². The van der Waals surface area contributed by atoms with E-state index in [9.17, 15) is 5.11 Å². The van der Waals surface area contributed by atoms with Gasteiger partial charge in [-0.3, -0.25) is 14.8 Å². The number of aliphatic imine (C=N–C) groups is 1. The Morgan fingerprint density at radius 3 is 2.23 bits per heavy atom. The zero-order chi connectivity index (χ0) is 21.3. The molecule has 0 atom stereocenters. The van der Waals surface area contributed by atoms with Crippen molar-refractivity contribution in [1.29, 1.82) is 0 Å². The lowest BCUT2D eigenvalue weighted by atomic mass is 10.0. The van der Waals surface area contributed by atoms with Gasteiger partial charge in [0.1, 0.15) is 0 Å². The fraction of sp³-hybridized carbons (Fsp3) is 0.625. The van der Waals surface area contributed by atoms with Gasteiger partial charge in [-0.1, -0.05) is 36.4 Å². The van der Waals surface area contributed by atoms with Crippen molar-refractivity contribution in [2.24, 2.45) is 4.99 Å². The van der Waals surface area contributed by atoms with E-state index in [0.717, 1.165) is 77.5 Å². The van der Waals surface area contributed by atoms with E-state index in [2.05, 4.69) is 63.2 Å². The van der Waals surface area contributed by atoms with Gasteiger partial charge in [0.05, 0.1) is 6.10 Å². The van der Waals surface area contributed by atoms with Crippen molar-refractivity contribution in [2.75, 3.05) is 39.8 Å². The summed E-state index contributed by atoms with van der Waals surface area (Å²) in [6.07, 6.45) is 3.94. The minimum absolute atomic E-state index is 0.110. The maximum absolute atomic E-state index is 9.65. The van der Waals surface area contributed by atoms with Crippen molar-refractivity contribution in [1.82, 2.24) is 20.4 Å². The first-order valence-corrected chi connectivity index (χ1v) is 11.3. The zero-order valence-electron chi connectivity index (χ0n) is 18.7. The van der Waals surface area contributed by atoms with E-state index in [0.29, 0.717) is 6.04 Å². The molecule has 0 saturated carbocycles. The number of guanidine groups is 1. The van der Waals surface area contributed by atoms with E-state index in [1.807, 2.05) is 7.05 Å². The van der Waals surface area contributed by atoms with Crippen molar-refractivity contribution < 1.29 is 5.11 Å². The molecule has 0 unspecified atom stereocenters. The number of nitrogens with one attached hydrogen (secondary N) is 2. The predicted octanol–water partition coefficient (Wildman–Crippen LogP) is 2.35. The van der Waals surface area contributed by atoms with Gasteiger partial charge < -0.3 is 15.7 Å². The lowest BCUT2D eigenvalue weighted by molar-refractivity contribution is 0.0792. The molecule has 6 nitrogen and oxygen atoms in total. The lowest BCUT2D eigenvalue weighted by Crippen LogP contribution is -2.48. The molecule has 0 aromatic heterocycles. The molecule has 2 aliphatic rings. The molecule has 3 N–H and O–H groups in total. The van der Waals surface area contributed by atoms with Crippen molar-refractivity contribution >= 4 is 5.96 Å². The van der Waals surface area contributed by atoms with E-state index in [1.165, 1.54) is 16.7 Å². The van der Waals surface area contributed by atoms with Gasteiger partial charge in [-0.05, 0) is 43.7 Å². The van der Waals surface area contributed by atoms with Crippen LogP contribution in [-0.4, -0.2) is 72.8 Å². The van der Waals surface area contributed by atoms with Gasteiger partial charge in [0.25, 0.3) is 0 Å². The minimum Gasteiger partial charge on any atom is -0.393 e. The van der Waals surface area contributed by atoms with Crippen LogP contribution in [0.15, 0.2) is 41.4 Å². The van der Waals surface area contributed by atoms with Crippen LogP contribution in [0.1, 0.15) is 43.7 Å². The zero-order valence-corrected chi connectivity index (χ0v) is 18.7. The molecule has 166 valence electrons. The molecule has 1 aromatic carbocycles. The highest BCUT2D eigenvalue weighted by atomic mass is 16.3. The summed E-state index contributed by atoms with van der Waals surface area (Å²) in [5, 5.41) is 16.7. The quantitative estimate of drug-likeness (QED) is 0.364. The standard InChI is InChI=1S/C24H39N5O/c1-19(2)17-28-12-8-22(9-13-28)27-24(25-3)26-16-20-4-6-21(7-5-20)18-29-14-10-23(30)11-15-29/h4-7,22-23,30H,1,8-18H2,2-3H3,(H2,25,26,27). The molecule has 0 radical (unpaired) electrons. The second kappa shape index (κ2) is 11.5. The largest absolute Gasteiger partial charge is 0.393 e. The molecule has 0 aliphatic carbocycles. The Morgan fingerprint density at radius 1 is 1.03 bits per heavy atom. The highest BCUT2D eigenvalue weighted by molar-refractivity contribution is 5.79. The molecular formula is C24H39N5O. The summed E-state index contributed by atoms with van der Waals surface area (Å²) in [5.74, 6) is 0.879. The fourth-order valence-electron chi connectivity index (χ4n) is 4.29. The predicted molar refractivity (Wildman–Crippen MR) is 125 cm³/mol. The number of hydrogen-bond acceptors (Lipinski definition) is 4. The normalized spacial score (nSPS) is 20.3. The maximum atomic E-state index is 9.65. The summed E-state index contributed by atoms with van der Waals surface area (Å²) in [6, 6.07) is 9.31. The van der Waals surface area contributed by atoms with Gasteiger partial charge >= 0.3 is 0 Å². The van der Waals surface area contributed by atoms with Gasteiger partial charge in [-0.15, -0.1) is 0 Å². The monoisotopic (exact) mass is 413 g/mol. The third-order valence-electron chi connectivity index (χ3n) is 6.09. The highest BCUT2D eigenvalue weighted by Crippen LogP contribution is 2.15. The van der Waals surface area contributed by atoms with Crippen LogP contribution >= 0.6 is 0 Å². The SMILES string of the molecule is C=C(C)CN1CCC(NC(=NC)NCc2ccc(CN3CCC(O)CC3)cc2)CC1. The fourth-order valence-corrected chi connectivity index (χ4v) is 4.29. The molecule has 1 aromatic rings. The van der Waals surface area contributed by atoms with Crippen LogP contribution in [0.4, 0.5) is 0 Å². The van der Waals surface area contributed by atoms with Crippen LogP contribution in [0.3, 0.4) is 0 Å². The summed E-state index contributed by atoms with van der Waals surface area (Å²) in [6.45, 7) is 13.1. The van der Waals surface area contributed by atoms with Crippen LogP contribution in [0.5, 0.6) is 0 Å². The van der Waals surface area contributed by atoms with E-state index >= 15 is 0 Å². The second-order valence-electron chi connectivity index (χ2n) is 8.90. The minimum atomic E-state index is -0.110. The first kappa shape index (κ1) is 22.8. The molecule has 30 heavy (non-hydrogen) atoms. The number of piperidine rings is 2. The summed E-state index contributed by atoms with van der Waals surface area (Å²) in [4.78, 5) is 9.31. The van der Waals surface area contributed by atoms with Crippen molar-refractivity contribution in [2.45, 2.75) is 57.8 Å². The second-order valence-corrected chi connectivity index (χ2v) is 8.90. The number of aliphatic hydroxyl groups excluding tert-OH is 1. The average molecular weight is 414 g/mol. The Hall–Kier alpha value is -1.89. The summed E-state index contributed by atoms with van der Waals surface area (Å²) >= 11 is 0. The molecular weight excluding hydrogens is 374 g/mol. The molecule has 0 amide bonds. The Kier molecular flexibility index (Phi) is 8.73. The number of likely N-dealkylation sites (tertiary alicyclic amines) is 2. The Bertz CT molecular complexity index is 686. The number of rotatable bonds is 7. The molecule has 2 saturated heterocycles. The van der Waals surface area contributed by atoms with Gasteiger partial charge in [0.2, 0.25) is 0 Å². The Morgan fingerprint density at radius 2 is 1.63 bits per heavy atom. The average Bonchev–Trinajstić information content (AvgIpc) is 2.74. The third-order valence-corrected chi connectivity index (χ3v) is 6.09. The molecule has 0 spiro atoms. The number of hydrogen-bond donors (Lipinski definition) is 3. The smallest absolute Gasteiger partial charge is 0.191 e. The lowest BCUT2D eigenvalue weighted by Gasteiger charge is -2.33. The molecule has 2 fully saturated rings. The number of nitrogens with zero attached hydrogens (tertiary/aromatic N) is 3. The van der Waals surface area contributed by atoms with E-state index < -0.39 is 0 Å². The highest BCUT2D eigenvalue weighted by Gasteiger charge is 2.20. The molecule has 3 rings (SSSR count). The summed E-state index contributed by atoms with van der Waals surface area (Å²) in [7, 11) is 1.84. The molecule has 0 bridgehead atoms. The number of benzene rings is 1. The van der Waals surface area contributed by atoms with Crippen LogP contribution in [0.25, 0.3) is 0 Å². The molecule has 6 heteroatoms. The van der Waals surface area contributed by atoms with Gasteiger partial charge in [0, 0.05) is 58.9 Å². The Labute approximate surface area is 182 Å². The van der Waals surface area contributed by atoms with Crippen LogP contribution < -0.4 is 10.6 Å². The van der Waals surface area contributed by atoms with Gasteiger partial charge in [0.15, 0.2) is 5.96 Å². The maximum Gasteiger partial charge on any atom is 0.191 e. The number of aliphatic hydroxyl groups is 1. The molecule has 2 aliphatic heterocycles. The van der Waals surface area contributed by atoms with Crippen molar-refractivity contribution in [3.8, 4) is 0 Å². The van der Waals surface area contributed by atoms with Crippen LogP contribution in [0.2, 0.25) is 0 Å². The van der Waals surface area contributed by atoms with Crippen molar-refractivity contribution in [3.63, 3.8) is 0 Å². The van der Waals surface area contributed by atoms with E-state index in [4.69, 9.17) is 0 Å². The topological polar surface area (TPSA) is 63.1 Å². The van der Waals surface area contributed by atoms with E-state index in [-0.39, 0.29) is 6.10 Å².